The number of nitrogens with zero attached hydrogens (tertiary/aromatic N) is 2. The monoisotopic (exact) mass is 257 g/mol. The van der Waals surface area contributed by atoms with E-state index in [1.165, 1.54) is 12.8 Å². The maximum absolute atomic E-state index is 11.2. The molecule has 1 fully saturated rings. The number of hydrogen-bond acceptors (Lipinski definition) is 3. The summed E-state index contributed by atoms with van der Waals surface area (Å²) in [5, 5.41) is 16.5. The summed E-state index contributed by atoms with van der Waals surface area (Å²) in [6, 6.07) is 9.49. The lowest BCUT2D eigenvalue weighted by atomic mass is 10.3. The zero-order chi connectivity index (χ0) is 13.2. The van der Waals surface area contributed by atoms with Crippen LogP contribution in [0.25, 0.3) is 5.69 Å². The lowest BCUT2D eigenvalue weighted by Gasteiger charge is -2.02. The Morgan fingerprint density at radius 3 is 2.74 bits per heavy atom. The van der Waals surface area contributed by atoms with Crippen LogP contribution in [0.1, 0.15) is 23.3 Å². The van der Waals surface area contributed by atoms with Gasteiger partial charge in [0.2, 0.25) is 0 Å². The highest BCUT2D eigenvalue weighted by atomic mass is 16.4. The molecule has 0 unspecified atom stereocenters. The second-order valence-electron chi connectivity index (χ2n) is 4.80. The van der Waals surface area contributed by atoms with Gasteiger partial charge in [-0.05, 0) is 30.9 Å². The average Bonchev–Trinajstić information content (AvgIpc) is 3.15. The molecule has 19 heavy (non-hydrogen) atoms. The Morgan fingerprint density at radius 1 is 1.37 bits per heavy atom. The summed E-state index contributed by atoms with van der Waals surface area (Å²) in [4.78, 5) is 11.2. The zero-order valence-corrected chi connectivity index (χ0v) is 10.4. The van der Waals surface area contributed by atoms with Crippen LogP contribution in [-0.2, 0) is 0 Å². The van der Waals surface area contributed by atoms with Gasteiger partial charge in [-0.25, -0.2) is 9.48 Å². The molecular weight excluding hydrogens is 242 g/mol. The van der Waals surface area contributed by atoms with Crippen LogP contribution in [0.5, 0.6) is 0 Å². The number of carbonyl (C=O) groups is 1. The highest BCUT2D eigenvalue weighted by Crippen LogP contribution is 2.29. The SMILES string of the molecule is O=C(O)c1nn(-c2ccccc2)cc1NCC1CC1. The summed E-state index contributed by atoms with van der Waals surface area (Å²) in [6.45, 7) is 0.820. The number of benzene rings is 1. The zero-order valence-electron chi connectivity index (χ0n) is 10.4. The molecule has 1 aromatic heterocycles. The highest BCUT2D eigenvalue weighted by molar-refractivity contribution is 5.91. The first-order valence-corrected chi connectivity index (χ1v) is 6.36. The summed E-state index contributed by atoms with van der Waals surface area (Å²) < 4.78 is 1.60. The Labute approximate surface area is 110 Å². The largest absolute Gasteiger partial charge is 0.476 e. The predicted molar refractivity (Wildman–Crippen MR) is 71.7 cm³/mol. The Hall–Kier alpha value is -2.30. The van der Waals surface area contributed by atoms with Crippen LogP contribution in [0, 0.1) is 5.92 Å². The molecule has 1 aliphatic carbocycles. The summed E-state index contributed by atoms with van der Waals surface area (Å²) in [5.41, 5.74) is 1.51. The van der Waals surface area contributed by atoms with E-state index >= 15 is 0 Å². The smallest absolute Gasteiger partial charge is 0.358 e. The number of para-hydroxylation sites is 1. The van der Waals surface area contributed by atoms with Crippen LogP contribution in [0.2, 0.25) is 0 Å². The molecule has 0 aliphatic heterocycles. The fraction of sp³-hybridized carbons (Fsp3) is 0.286. The van der Waals surface area contributed by atoms with Crippen LogP contribution in [0.15, 0.2) is 36.5 Å². The standard InChI is InChI=1S/C14H15N3O2/c18-14(19)13-12(15-8-10-6-7-10)9-17(16-13)11-4-2-1-3-5-11/h1-5,9-10,15H,6-8H2,(H,18,19). The molecule has 0 saturated heterocycles. The van der Waals surface area contributed by atoms with Crippen LogP contribution < -0.4 is 5.32 Å². The third-order valence-corrected chi connectivity index (χ3v) is 3.22. The molecule has 5 heteroatoms. The number of carboxylic acid groups (broad SMARTS) is 1. The lowest BCUT2D eigenvalue weighted by Crippen LogP contribution is -2.07. The third kappa shape index (κ3) is 2.59. The molecule has 0 spiro atoms. The number of nitrogens with one attached hydrogen (secondary N) is 1. The number of aromatic carboxylic acids is 1. The Morgan fingerprint density at radius 2 is 2.11 bits per heavy atom. The Balaban J connectivity index is 1.89. The second kappa shape index (κ2) is 4.76. The van der Waals surface area contributed by atoms with Crippen molar-refractivity contribution in [2.45, 2.75) is 12.8 Å². The molecule has 1 aliphatic rings. The van der Waals surface area contributed by atoms with E-state index in [4.69, 9.17) is 0 Å². The first-order chi connectivity index (χ1) is 9.24. The van der Waals surface area contributed by atoms with Crippen molar-refractivity contribution in [3.63, 3.8) is 0 Å². The van der Waals surface area contributed by atoms with E-state index in [9.17, 15) is 9.90 Å². The first kappa shape index (κ1) is 11.8. The van der Waals surface area contributed by atoms with Crippen LogP contribution in [0.3, 0.4) is 0 Å². The van der Waals surface area contributed by atoms with E-state index < -0.39 is 5.97 Å². The molecule has 1 aromatic carbocycles. The van der Waals surface area contributed by atoms with Gasteiger partial charge in [-0.2, -0.15) is 5.10 Å². The summed E-state index contributed by atoms with van der Waals surface area (Å²) in [5.74, 6) is -0.324. The Kier molecular flexibility index (Phi) is 2.95. The number of rotatable bonds is 5. The van der Waals surface area contributed by atoms with Crippen LogP contribution in [0.4, 0.5) is 5.69 Å². The minimum atomic E-state index is -1.01. The van der Waals surface area contributed by atoms with Crippen LogP contribution >= 0.6 is 0 Å². The van der Waals surface area contributed by atoms with Gasteiger partial charge in [-0.1, -0.05) is 18.2 Å². The van der Waals surface area contributed by atoms with Gasteiger partial charge in [-0.3, -0.25) is 0 Å². The third-order valence-electron chi connectivity index (χ3n) is 3.22. The van der Waals surface area contributed by atoms with Crippen molar-refractivity contribution in [3.8, 4) is 5.69 Å². The van der Waals surface area contributed by atoms with Crippen LogP contribution in [-0.4, -0.2) is 27.4 Å². The molecule has 2 aromatic rings. The fourth-order valence-corrected chi connectivity index (χ4v) is 1.95. The minimum Gasteiger partial charge on any atom is -0.476 e. The molecule has 0 amide bonds. The van der Waals surface area contributed by atoms with Gasteiger partial charge in [0.1, 0.15) is 0 Å². The van der Waals surface area contributed by atoms with E-state index in [0.717, 1.165) is 12.2 Å². The molecule has 5 nitrogen and oxygen atoms in total. The Bertz CT molecular complexity index is 588. The summed E-state index contributed by atoms with van der Waals surface area (Å²) >= 11 is 0. The number of anilines is 1. The maximum Gasteiger partial charge on any atom is 0.358 e. The quantitative estimate of drug-likeness (QED) is 0.863. The fourth-order valence-electron chi connectivity index (χ4n) is 1.95. The van der Waals surface area contributed by atoms with Gasteiger partial charge in [0.05, 0.1) is 17.6 Å². The van der Waals surface area contributed by atoms with Crippen molar-refractivity contribution in [1.29, 1.82) is 0 Å². The van der Waals surface area contributed by atoms with Crippen molar-refractivity contribution in [2.24, 2.45) is 5.92 Å². The highest BCUT2D eigenvalue weighted by Gasteiger charge is 2.23. The molecule has 1 saturated carbocycles. The van der Waals surface area contributed by atoms with Gasteiger partial charge in [-0.15, -0.1) is 0 Å². The van der Waals surface area contributed by atoms with E-state index in [-0.39, 0.29) is 5.69 Å². The van der Waals surface area contributed by atoms with E-state index in [1.54, 1.807) is 10.9 Å². The molecule has 98 valence electrons. The second-order valence-corrected chi connectivity index (χ2v) is 4.80. The summed E-state index contributed by atoms with van der Waals surface area (Å²) in [7, 11) is 0. The van der Waals surface area contributed by atoms with Gasteiger partial charge in [0.25, 0.3) is 0 Å². The van der Waals surface area contributed by atoms with Gasteiger partial charge in [0.15, 0.2) is 5.69 Å². The van der Waals surface area contributed by atoms with E-state index in [1.807, 2.05) is 30.3 Å². The summed E-state index contributed by atoms with van der Waals surface area (Å²) in [6.07, 6.45) is 4.19. The number of carboxylic acids is 1. The molecule has 0 bridgehead atoms. The van der Waals surface area contributed by atoms with Crippen molar-refractivity contribution in [3.05, 3.63) is 42.2 Å². The van der Waals surface area contributed by atoms with Gasteiger partial charge >= 0.3 is 5.97 Å². The molecular formula is C14H15N3O2. The normalized spacial score (nSPS) is 14.3. The molecule has 0 atom stereocenters. The average molecular weight is 257 g/mol. The molecule has 0 radical (unpaired) electrons. The van der Waals surface area contributed by atoms with Crippen molar-refractivity contribution in [2.75, 3.05) is 11.9 Å². The maximum atomic E-state index is 11.2. The van der Waals surface area contributed by atoms with Crippen molar-refractivity contribution >= 4 is 11.7 Å². The van der Waals surface area contributed by atoms with Crippen molar-refractivity contribution in [1.82, 2.24) is 9.78 Å². The van der Waals surface area contributed by atoms with E-state index in [0.29, 0.717) is 11.6 Å². The van der Waals surface area contributed by atoms with Gasteiger partial charge in [0, 0.05) is 6.54 Å². The number of aromatic nitrogens is 2. The van der Waals surface area contributed by atoms with Gasteiger partial charge < -0.3 is 10.4 Å². The topological polar surface area (TPSA) is 67.1 Å². The molecule has 3 rings (SSSR count). The van der Waals surface area contributed by atoms with E-state index in [2.05, 4.69) is 10.4 Å². The first-order valence-electron chi connectivity index (χ1n) is 6.36. The van der Waals surface area contributed by atoms with Crippen molar-refractivity contribution < 1.29 is 9.90 Å². The minimum absolute atomic E-state index is 0.0736. The lowest BCUT2D eigenvalue weighted by molar-refractivity contribution is 0.0691. The number of hydrogen-bond donors (Lipinski definition) is 2. The molecule has 2 N–H and O–H groups in total. The predicted octanol–water partition coefficient (Wildman–Crippen LogP) is 2.39. The molecule has 1 heterocycles.